The second-order valence-corrected chi connectivity index (χ2v) is 5.01. The van der Waals surface area contributed by atoms with Gasteiger partial charge in [0.25, 0.3) is 0 Å². The average molecular weight is 290 g/mol. The van der Waals surface area contributed by atoms with E-state index in [-0.39, 0.29) is 0 Å². The topological polar surface area (TPSA) is 21.3 Å². The molecule has 0 spiro atoms. The number of hydrogen-bond acceptors (Lipinski definition) is 2. The van der Waals surface area contributed by atoms with Crippen molar-refractivity contribution in [3.8, 4) is 5.75 Å². The lowest BCUT2D eigenvalue weighted by molar-refractivity contribution is 0.304. The van der Waals surface area contributed by atoms with Crippen molar-refractivity contribution in [1.29, 1.82) is 0 Å². The molecule has 0 aliphatic carbocycles. The highest BCUT2D eigenvalue weighted by Crippen LogP contribution is 2.26. The molecule has 0 aliphatic heterocycles. The summed E-state index contributed by atoms with van der Waals surface area (Å²) in [5.74, 6) is 0.789. The molecule has 0 bridgehead atoms. The predicted octanol–water partition coefficient (Wildman–Crippen LogP) is 4.54. The second kappa shape index (κ2) is 9.48. The number of hydrogen-bond donors (Lipinski definition) is 1. The number of nitrogens with one attached hydrogen (secondary N) is 1. The Bertz CT molecular complexity index is 345. The molecule has 1 rings (SSSR count). The van der Waals surface area contributed by atoms with Crippen molar-refractivity contribution in [1.82, 2.24) is 5.32 Å². The van der Waals surface area contributed by atoms with Crippen LogP contribution in [-0.4, -0.2) is 19.7 Å². The zero-order valence-electron chi connectivity index (χ0n) is 10.8. The van der Waals surface area contributed by atoms with Gasteiger partial charge in [0.05, 0.1) is 16.7 Å². The molecule has 102 valence electrons. The molecule has 0 heterocycles. The maximum absolute atomic E-state index is 5.91. The first-order valence-electron chi connectivity index (χ1n) is 6.52. The zero-order chi connectivity index (χ0) is 13.2. The van der Waals surface area contributed by atoms with Gasteiger partial charge in [-0.15, -0.1) is 0 Å². The van der Waals surface area contributed by atoms with E-state index in [2.05, 4.69) is 12.2 Å². The number of rotatable bonds is 9. The van der Waals surface area contributed by atoms with Gasteiger partial charge in [0.15, 0.2) is 0 Å². The van der Waals surface area contributed by atoms with Crippen LogP contribution in [0, 0.1) is 0 Å². The van der Waals surface area contributed by atoms with E-state index < -0.39 is 0 Å². The van der Waals surface area contributed by atoms with Crippen LogP contribution >= 0.6 is 23.2 Å². The Morgan fingerprint density at radius 2 is 1.83 bits per heavy atom. The van der Waals surface area contributed by atoms with E-state index in [1.807, 2.05) is 6.07 Å². The third kappa shape index (κ3) is 6.48. The van der Waals surface area contributed by atoms with Gasteiger partial charge in [0, 0.05) is 6.07 Å². The van der Waals surface area contributed by atoms with Gasteiger partial charge >= 0.3 is 0 Å². The molecule has 0 aliphatic rings. The first kappa shape index (κ1) is 15.6. The summed E-state index contributed by atoms with van der Waals surface area (Å²) in [6, 6.07) is 5.37. The summed E-state index contributed by atoms with van der Waals surface area (Å²) in [7, 11) is 0. The highest BCUT2D eigenvalue weighted by atomic mass is 35.5. The summed E-state index contributed by atoms with van der Waals surface area (Å²) in [5.41, 5.74) is 0. The summed E-state index contributed by atoms with van der Waals surface area (Å²) < 4.78 is 5.61. The van der Waals surface area contributed by atoms with Gasteiger partial charge < -0.3 is 10.1 Å². The molecule has 1 aromatic carbocycles. The van der Waals surface area contributed by atoms with Crippen LogP contribution in [-0.2, 0) is 0 Å². The van der Waals surface area contributed by atoms with E-state index in [1.54, 1.807) is 12.1 Å². The van der Waals surface area contributed by atoms with Gasteiger partial charge in [0.1, 0.15) is 5.75 Å². The van der Waals surface area contributed by atoms with Crippen LogP contribution in [0.5, 0.6) is 5.75 Å². The highest BCUT2D eigenvalue weighted by molar-refractivity contribution is 6.42. The molecule has 18 heavy (non-hydrogen) atoms. The maximum Gasteiger partial charge on any atom is 0.120 e. The van der Waals surface area contributed by atoms with Crippen LogP contribution in [0.4, 0.5) is 0 Å². The maximum atomic E-state index is 5.91. The lowest BCUT2D eigenvalue weighted by Gasteiger charge is -2.07. The molecule has 2 nitrogen and oxygen atoms in total. The Kier molecular flexibility index (Phi) is 8.23. The van der Waals surface area contributed by atoms with E-state index in [4.69, 9.17) is 27.9 Å². The third-order valence-corrected chi connectivity index (χ3v) is 3.40. The number of unbranched alkanes of at least 4 members (excludes halogenated alkanes) is 3. The molecule has 0 atom stereocenters. The van der Waals surface area contributed by atoms with E-state index in [0.717, 1.165) is 31.9 Å². The first-order chi connectivity index (χ1) is 8.74. The minimum Gasteiger partial charge on any atom is -0.494 e. The van der Waals surface area contributed by atoms with Gasteiger partial charge in [0.2, 0.25) is 0 Å². The number of halogens is 2. The van der Waals surface area contributed by atoms with E-state index in [1.165, 1.54) is 19.3 Å². The van der Waals surface area contributed by atoms with Crippen LogP contribution in [0.1, 0.15) is 32.6 Å². The summed E-state index contributed by atoms with van der Waals surface area (Å²) >= 11 is 11.7. The Balaban J connectivity index is 2.05. The molecular weight excluding hydrogens is 269 g/mol. The molecule has 0 saturated carbocycles. The smallest absolute Gasteiger partial charge is 0.120 e. The van der Waals surface area contributed by atoms with Crippen LogP contribution in [0.15, 0.2) is 18.2 Å². The van der Waals surface area contributed by atoms with Gasteiger partial charge in [-0.1, -0.05) is 43.0 Å². The zero-order valence-corrected chi connectivity index (χ0v) is 12.4. The molecule has 0 amide bonds. The average Bonchev–Trinajstić information content (AvgIpc) is 2.37. The molecule has 1 aromatic rings. The van der Waals surface area contributed by atoms with Crippen molar-refractivity contribution in [3.63, 3.8) is 0 Å². The summed E-state index contributed by atoms with van der Waals surface area (Å²) in [6.45, 7) is 5.04. The lowest BCUT2D eigenvalue weighted by atomic mass is 10.2. The van der Waals surface area contributed by atoms with Gasteiger partial charge in [-0.3, -0.25) is 0 Å². The third-order valence-electron chi connectivity index (χ3n) is 2.66. The summed E-state index contributed by atoms with van der Waals surface area (Å²) in [6.07, 6.45) is 4.76. The Morgan fingerprint density at radius 3 is 2.56 bits per heavy atom. The fourth-order valence-electron chi connectivity index (χ4n) is 1.64. The van der Waals surface area contributed by atoms with Crippen LogP contribution in [0.3, 0.4) is 0 Å². The lowest BCUT2D eigenvalue weighted by Crippen LogP contribution is -2.13. The SMILES string of the molecule is CCNCCCCCCOc1ccc(Cl)c(Cl)c1. The molecule has 0 unspecified atom stereocenters. The molecule has 0 aromatic heterocycles. The molecule has 0 radical (unpaired) electrons. The van der Waals surface area contributed by atoms with Crippen molar-refractivity contribution in [2.45, 2.75) is 32.6 Å². The monoisotopic (exact) mass is 289 g/mol. The van der Waals surface area contributed by atoms with Crippen LogP contribution in [0.2, 0.25) is 10.0 Å². The fraction of sp³-hybridized carbons (Fsp3) is 0.571. The van der Waals surface area contributed by atoms with Gasteiger partial charge in [-0.2, -0.15) is 0 Å². The Labute approximate surface area is 120 Å². The van der Waals surface area contributed by atoms with Crippen molar-refractivity contribution in [3.05, 3.63) is 28.2 Å². The fourth-order valence-corrected chi connectivity index (χ4v) is 1.93. The summed E-state index contributed by atoms with van der Waals surface area (Å²) in [4.78, 5) is 0. The van der Waals surface area contributed by atoms with Crippen LogP contribution in [0.25, 0.3) is 0 Å². The molecule has 0 saturated heterocycles. The second-order valence-electron chi connectivity index (χ2n) is 4.19. The first-order valence-corrected chi connectivity index (χ1v) is 7.28. The van der Waals surface area contributed by atoms with Crippen molar-refractivity contribution in [2.24, 2.45) is 0 Å². The largest absolute Gasteiger partial charge is 0.494 e. The van der Waals surface area contributed by atoms with Crippen LogP contribution < -0.4 is 10.1 Å². The van der Waals surface area contributed by atoms with Gasteiger partial charge in [-0.05, 0) is 38.1 Å². The Morgan fingerprint density at radius 1 is 1.06 bits per heavy atom. The van der Waals surface area contributed by atoms with E-state index >= 15 is 0 Å². The van der Waals surface area contributed by atoms with Gasteiger partial charge in [-0.25, -0.2) is 0 Å². The normalized spacial score (nSPS) is 10.6. The van der Waals surface area contributed by atoms with Crippen molar-refractivity contribution in [2.75, 3.05) is 19.7 Å². The quantitative estimate of drug-likeness (QED) is 0.674. The van der Waals surface area contributed by atoms with Crippen molar-refractivity contribution < 1.29 is 4.74 Å². The molecule has 0 fully saturated rings. The van der Waals surface area contributed by atoms with Crippen molar-refractivity contribution >= 4 is 23.2 Å². The number of ether oxygens (including phenoxy) is 1. The van der Waals surface area contributed by atoms with E-state index in [9.17, 15) is 0 Å². The number of benzene rings is 1. The highest BCUT2D eigenvalue weighted by Gasteiger charge is 2.00. The molecular formula is C14H21Cl2NO. The van der Waals surface area contributed by atoms with E-state index in [0.29, 0.717) is 10.0 Å². The summed E-state index contributed by atoms with van der Waals surface area (Å²) in [5, 5.41) is 4.42. The Hall–Kier alpha value is -0.440. The standard InChI is InChI=1S/C14H21Cl2NO/c1-2-17-9-5-3-4-6-10-18-12-7-8-13(15)14(16)11-12/h7-8,11,17H,2-6,9-10H2,1H3. The minimum atomic E-state index is 0.541. The minimum absolute atomic E-state index is 0.541. The molecule has 4 heteroatoms. The molecule has 1 N–H and O–H groups in total. The predicted molar refractivity (Wildman–Crippen MR) is 79.0 cm³/mol.